The van der Waals surface area contributed by atoms with Crippen LogP contribution in [0.25, 0.3) is 22.7 Å². The predicted molar refractivity (Wildman–Crippen MR) is 158 cm³/mol. The van der Waals surface area contributed by atoms with Crippen LogP contribution in [0.15, 0.2) is 81.8 Å². The Hall–Kier alpha value is -4.92. The van der Waals surface area contributed by atoms with Gasteiger partial charge in [-0.2, -0.15) is 4.98 Å². The second kappa shape index (κ2) is 13.2. The molecule has 5 aromatic rings. The Morgan fingerprint density at radius 3 is 2.07 bits per heavy atom. The average Bonchev–Trinajstić information content (AvgIpc) is 3.67. The molecule has 1 amide bonds. The number of carbonyl (C=O) groups excluding carboxylic acids is 1. The fourth-order valence-electron chi connectivity index (χ4n) is 4.50. The van der Waals surface area contributed by atoms with Crippen molar-refractivity contribution in [3.63, 3.8) is 0 Å². The van der Waals surface area contributed by atoms with Gasteiger partial charge < -0.3 is 23.8 Å². The molecule has 0 aliphatic rings. The number of aryl methyl sites for hydroxylation is 1. The van der Waals surface area contributed by atoms with Crippen molar-refractivity contribution in [1.82, 2.24) is 20.6 Å². The molecule has 0 fully saturated rings. The summed E-state index contributed by atoms with van der Waals surface area (Å²) >= 11 is 0. The van der Waals surface area contributed by atoms with E-state index >= 15 is 0 Å². The smallest absolute Gasteiger partial charge is 0.274 e. The van der Waals surface area contributed by atoms with E-state index in [9.17, 15) is 4.79 Å². The summed E-state index contributed by atoms with van der Waals surface area (Å²) in [6.45, 7) is 9.05. The normalized spacial score (nSPS) is 11.1. The monoisotopic (exact) mass is 566 g/mol. The molecule has 0 saturated heterocycles. The molecular formula is C33H34N4O5. The highest BCUT2D eigenvalue weighted by molar-refractivity contribution is 6.01. The summed E-state index contributed by atoms with van der Waals surface area (Å²) in [5, 5.41) is 11.1. The van der Waals surface area contributed by atoms with Gasteiger partial charge in [-0.1, -0.05) is 91.7 Å². The Balaban J connectivity index is 1.65. The molecule has 3 aromatic carbocycles. The maximum absolute atomic E-state index is 13.0. The van der Waals surface area contributed by atoms with E-state index in [2.05, 4.69) is 34.5 Å². The maximum Gasteiger partial charge on any atom is 0.274 e. The molecule has 2 aromatic heterocycles. The summed E-state index contributed by atoms with van der Waals surface area (Å²) in [6.07, 6.45) is 0.542. The van der Waals surface area contributed by atoms with Crippen molar-refractivity contribution in [1.29, 1.82) is 0 Å². The summed E-state index contributed by atoms with van der Waals surface area (Å²) in [7, 11) is 0. The minimum Gasteiger partial charge on any atom is -0.488 e. The Morgan fingerprint density at radius 1 is 0.857 bits per heavy atom. The van der Waals surface area contributed by atoms with E-state index in [1.165, 1.54) is 0 Å². The Morgan fingerprint density at radius 2 is 1.50 bits per heavy atom. The second-order valence-electron chi connectivity index (χ2n) is 10.0. The summed E-state index contributed by atoms with van der Waals surface area (Å²) < 4.78 is 24.0. The van der Waals surface area contributed by atoms with Gasteiger partial charge in [0.15, 0.2) is 11.5 Å². The van der Waals surface area contributed by atoms with Gasteiger partial charge in [0.25, 0.3) is 5.91 Å². The molecule has 2 heterocycles. The van der Waals surface area contributed by atoms with Crippen molar-refractivity contribution in [2.24, 2.45) is 0 Å². The lowest BCUT2D eigenvalue weighted by Gasteiger charge is -2.19. The van der Waals surface area contributed by atoms with Gasteiger partial charge in [-0.25, -0.2) is 0 Å². The first-order valence-corrected chi connectivity index (χ1v) is 14.1. The highest BCUT2D eigenvalue weighted by atomic mass is 16.5. The Labute approximate surface area is 244 Å². The number of ether oxygens (including phenoxy) is 2. The average molecular weight is 567 g/mol. The van der Waals surface area contributed by atoms with Crippen molar-refractivity contribution in [3.8, 4) is 34.2 Å². The molecule has 0 atom stereocenters. The summed E-state index contributed by atoms with van der Waals surface area (Å²) in [4.78, 5) is 17.5. The van der Waals surface area contributed by atoms with Gasteiger partial charge in [0.2, 0.25) is 11.7 Å². The first-order chi connectivity index (χ1) is 20.5. The number of nitrogens with zero attached hydrogens (tertiary/aromatic N) is 3. The second-order valence-corrected chi connectivity index (χ2v) is 10.0. The highest BCUT2D eigenvalue weighted by Gasteiger charge is 2.30. The number of aromatic nitrogens is 3. The van der Waals surface area contributed by atoms with Crippen LogP contribution >= 0.6 is 0 Å². The zero-order valence-corrected chi connectivity index (χ0v) is 24.2. The predicted octanol–water partition coefficient (Wildman–Crippen LogP) is 6.99. The molecule has 0 aliphatic heterocycles. The van der Waals surface area contributed by atoms with Gasteiger partial charge in [0.05, 0.1) is 5.56 Å². The largest absolute Gasteiger partial charge is 0.488 e. The third-order valence-electron chi connectivity index (χ3n) is 6.69. The van der Waals surface area contributed by atoms with E-state index in [-0.39, 0.29) is 17.4 Å². The topological polar surface area (TPSA) is 113 Å². The molecule has 0 radical (unpaired) electrons. The molecule has 42 heavy (non-hydrogen) atoms. The third-order valence-corrected chi connectivity index (χ3v) is 6.69. The van der Waals surface area contributed by atoms with Gasteiger partial charge >= 0.3 is 0 Å². The van der Waals surface area contributed by atoms with Crippen molar-refractivity contribution in [3.05, 3.63) is 101 Å². The van der Waals surface area contributed by atoms with Crippen LogP contribution in [0, 0.1) is 0 Å². The van der Waals surface area contributed by atoms with Crippen LogP contribution in [0.5, 0.6) is 11.5 Å². The van der Waals surface area contributed by atoms with Gasteiger partial charge in [0.1, 0.15) is 30.3 Å². The Bertz CT molecular complexity index is 1630. The van der Waals surface area contributed by atoms with Gasteiger partial charge in [-0.15, -0.1) is 0 Å². The van der Waals surface area contributed by atoms with Crippen LogP contribution in [0.2, 0.25) is 0 Å². The van der Waals surface area contributed by atoms with Gasteiger partial charge in [-0.05, 0) is 35.6 Å². The molecule has 0 spiro atoms. The lowest BCUT2D eigenvalue weighted by Crippen LogP contribution is -2.23. The van der Waals surface area contributed by atoms with E-state index in [1.807, 2.05) is 86.6 Å². The van der Waals surface area contributed by atoms with Crippen LogP contribution < -0.4 is 14.8 Å². The lowest BCUT2D eigenvalue weighted by molar-refractivity contribution is 0.0947. The maximum atomic E-state index is 13.0. The zero-order valence-electron chi connectivity index (χ0n) is 24.2. The molecule has 0 bridgehead atoms. The fraction of sp³-hybridized carbons (Fsp3) is 0.273. The lowest BCUT2D eigenvalue weighted by atomic mass is 9.96. The van der Waals surface area contributed by atoms with E-state index in [4.69, 9.17) is 18.5 Å². The van der Waals surface area contributed by atoms with Crippen LogP contribution in [0.4, 0.5) is 0 Å². The summed E-state index contributed by atoms with van der Waals surface area (Å²) in [5.41, 5.74) is 3.99. The first kappa shape index (κ1) is 28.6. The van der Waals surface area contributed by atoms with E-state index in [0.717, 1.165) is 16.7 Å². The van der Waals surface area contributed by atoms with Crippen LogP contribution in [0.3, 0.4) is 0 Å². The molecule has 9 nitrogen and oxygen atoms in total. The van der Waals surface area contributed by atoms with Gasteiger partial charge in [0, 0.05) is 19.0 Å². The number of hydrogen-bond donors (Lipinski definition) is 1. The fourth-order valence-corrected chi connectivity index (χ4v) is 4.50. The van der Waals surface area contributed by atoms with Crippen LogP contribution in [-0.2, 0) is 19.6 Å². The molecule has 0 aliphatic carbocycles. The molecule has 5 rings (SSSR count). The van der Waals surface area contributed by atoms with E-state index in [1.54, 1.807) is 0 Å². The molecular weight excluding hydrogens is 532 g/mol. The molecule has 0 unspecified atom stereocenters. The first-order valence-electron chi connectivity index (χ1n) is 14.1. The van der Waals surface area contributed by atoms with Gasteiger partial charge in [-0.3, -0.25) is 4.79 Å². The minimum atomic E-state index is -0.399. The minimum absolute atomic E-state index is 0.0693. The van der Waals surface area contributed by atoms with Crippen molar-refractivity contribution >= 4 is 5.91 Å². The SMILES string of the molecule is CCNC(=O)c1noc(-c2cc(C(C)C)c(OCc3ccccc3)cc2OCc2ccccc2)c1-c1noc(CC)n1. The summed E-state index contributed by atoms with van der Waals surface area (Å²) in [6, 6.07) is 23.7. The number of nitrogens with one attached hydrogen (secondary N) is 1. The molecule has 1 N–H and O–H groups in total. The summed E-state index contributed by atoms with van der Waals surface area (Å²) in [5.74, 6) is 1.86. The molecule has 9 heteroatoms. The standard InChI is InChI=1S/C33H34N4O5/c1-5-28-35-32(37-41-28)29-30(33(38)34-6-2)36-42-31(29)25-17-24(21(3)4)26(39-19-22-13-9-7-10-14-22)18-27(25)40-20-23-15-11-8-12-16-23/h7-18,21H,5-6,19-20H2,1-4H3,(H,34,38). The van der Waals surface area contributed by atoms with Crippen LogP contribution in [-0.4, -0.2) is 27.7 Å². The number of rotatable bonds is 12. The van der Waals surface area contributed by atoms with Crippen molar-refractivity contribution in [2.45, 2.75) is 53.2 Å². The number of benzene rings is 3. The van der Waals surface area contributed by atoms with E-state index in [0.29, 0.717) is 60.5 Å². The third kappa shape index (κ3) is 6.35. The molecule has 0 saturated carbocycles. The highest BCUT2D eigenvalue weighted by Crippen LogP contribution is 2.44. The number of hydrogen-bond acceptors (Lipinski definition) is 8. The zero-order chi connectivity index (χ0) is 29.5. The molecule has 216 valence electrons. The number of carbonyl (C=O) groups is 1. The van der Waals surface area contributed by atoms with Crippen LogP contribution in [0.1, 0.15) is 66.7 Å². The quantitative estimate of drug-likeness (QED) is 0.172. The van der Waals surface area contributed by atoms with E-state index < -0.39 is 5.91 Å². The van der Waals surface area contributed by atoms with Crippen molar-refractivity contribution in [2.75, 3.05) is 6.54 Å². The Kier molecular flexibility index (Phi) is 8.96. The number of amides is 1. The van der Waals surface area contributed by atoms with Crippen molar-refractivity contribution < 1.29 is 23.3 Å².